The van der Waals surface area contributed by atoms with E-state index in [9.17, 15) is 38.7 Å². The van der Waals surface area contributed by atoms with Gasteiger partial charge in [-0.15, -0.1) is 4.73 Å². The number of nitrogens with zero attached hydrogens (tertiary/aromatic N) is 4. The van der Waals surface area contributed by atoms with Gasteiger partial charge in [0, 0.05) is 6.07 Å². The molecule has 0 fully saturated rings. The van der Waals surface area contributed by atoms with Gasteiger partial charge in [0.15, 0.2) is 18.6 Å². The van der Waals surface area contributed by atoms with Crippen LogP contribution in [0.1, 0.15) is 11.4 Å². The zero-order valence-corrected chi connectivity index (χ0v) is 14.0. The average molecular weight is 414 g/mol. The van der Waals surface area contributed by atoms with Crippen LogP contribution in [0.2, 0.25) is 0 Å². The van der Waals surface area contributed by atoms with Crippen molar-refractivity contribution in [3.05, 3.63) is 57.2 Å². The summed E-state index contributed by atoms with van der Waals surface area (Å²) in [6, 6.07) is 3.30. The number of phenols is 2. The first kappa shape index (κ1) is 19.7. The number of ether oxygens (including phenoxy) is 1. The second-order valence-electron chi connectivity index (χ2n) is 5.50. The predicted octanol–water partition coefficient (Wildman–Crippen LogP) is 2.29. The highest BCUT2D eigenvalue weighted by molar-refractivity contribution is 5.67. The zero-order chi connectivity index (χ0) is 21.3. The summed E-state index contributed by atoms with van der Waals surface area (Å²) in [7, 11) is 0. The third-order valence-corrected chi connectivity index (χ3v) is 3.54. The molecule has 2 N–H and O–H groups in total. The van der Waals surface area contributed by atoms with Crippen LogP contribution in [0.3, 0.4) is 0 Å². The topological polar surface area (TPSA) is 159 Å². The van der Waals surface area contributed by atoms with Crippen LogP contribution < -0.4 is 9.47 Å². The second-order valence-corrected chi connectivity index (χ2v) is 5.50. The fourth-order valence-corrected chi connectivity index (χ4v) is 2.18. The van der Waals surface area contributed by atoms with Gasteiger partial charge in [0.25, 0.3) is 5.89 Å². The van der Waals surface area contributed by atoms with Crippen molar-refractivity contribution in [2.45, 2.75) is 12.8 Å². The van der Waals surface area contributed by atoms with Crippen LogP contribution >= 0.6 is 0 Å². The molecule has 29 heavy (non-hydrogen) atoms. The molecule has 0 amide bonds. The van der Waals surface area contributed by atoms with Crippen molar-refractivity contribution < 1.29 is 42.3 Å². The fourth-order valence-electron chi connectivity index (χ4n) is 2.18. The fraction of sp³-hybridized carbons (Fsp3) is 0.133. The van der Waals surface area contributed by atoms with E-state index in [2.05, 4.69) is 10.1 Å². The molecular weight excluding hydrogens is 405 g/mol. The highest BCUT2D eigenvalue weighted by Crippen LogP contribution is 2.39. The zero-order valence-electron chi connectivity index (χ0n) is 14.0. The number of benzene rings is 1. The maximum absolute atomic E-state index is 12.5. The van der Waals surface area contributed by atoms with Gasteiger partial charge < -0.3 is 24.7 Å². The monoisotopic (exact) mass is 414 g/mol. The van der Waals surface area contributed by atoms with Gasteiger partial charge >= 0.3 is 17.7 Å². The molecule has 0 unspecified atom stereocenters. The number of hydrogen-bond donors (Lipinski definition) is 2. The molecule has 0 saturated heterocycles. The van der Waals surface area contributed by atoms with Crippen molar-refractivity contribution >= 4 is 5.69 Å². The summed E-state index contributed by atoms with van der Waals surface area (Å²) >= 11 is 0. The van der Waals surface area contributed by atoms with Gasteiger partial charge in [-0.25, -0.2) is 0 Å². The van der Waals surface area contributed by atoms with E-state index in [1.165, 1.54) is 0 Å². The van der Waals surface area contributed by atoms with Crippen molar-refractivity contribution in [1.82, 2.24) is 10.1 Å². The highest BCUT2D eigenvalue weighted by Gasteiger charge is 2.33. The van der Waals surface area contributed by atoms with Gasteiger partial charge in [0.05, 0.1) is 16.6 Å². The molecule has 3 rings (SSSR count). The molecule has 0 spiro atoms. The largest absolute Gasteiger partial charge is 0.616 e. The van der Waals surface area contributed by atoms with Crippen LogP contribution in [0, 0.1) is 15.3 Å². The number of alkyl halides is 3. The Morgan fingerprint density at radius 1 is 1.28 bits per heavy atom. The summed E-state index contributed by atoms with van der Waals surface area (Å²) in [6.07, 6.45) is -4.39. The Morgan fingerprint density at radius 3 is 2.62 bits per heavy atom. The maximum Gasteiger partial charge on any atom is 0.422 e. The third-order valence-electron chi connectivity index (χ3n) is 3.54. The van der Waals surface area contributed by atoms with Gasteiger partial charge in [-0.3, -0.25) is 10.1 Å². The van der Waals surface area contributed by atoms with Crippen molar-refractivity contribution in [2.75, 3.05) is 0 Å². The van der Waals surface area contributed by atoms with E-state index in [-0.39, 0.29) is 22.0 Å². The van der Waals surface area contributed by atoms with E-state index in [4.69, 9.17) is 9.26 Å². The van der Waals surface area contributed by atoms with Crippen molar-refractivity contribution in [2.24, 2.45) is 0 Å². The lowest BCUT2D eigenvalue weighted by Gasteiger charge is -2.08. The smallest absolute Gasteiger partial charge is 0.422 e. The van der Waals surface area contributed by atoms with Gasteiger partial charge in [-0.1, -0.05) is 5.16 Å². The lowest BCUT2D eigenvalue weighted by molar-refractivity contribution is -0.614. The third kappa shape index (κ3) is 4.10. The lowest BCUT2D eigenvalue weighted by atomic mass is 10.1. The van der Waals surface area contributed by atoms with Crippen LogP contribution in [0.15, 0.2) is 35.0 Å². The van der Waals surface area contributed by atoms with Crippen LogP contribution in [0.25, 0.3) is 11.5 Å². The van der Waals surface area contributed by atoms with Crippen LogP contribution in [0.5, 0.6) is 17.4 Å². The molecule has 152 valence electrons. The number of aromatic nitrogens is 3. The minimum Gasteiger partial charge on any atom is -0.616 e. The highest BCUT2D eigenvalue weighted by atomic mass is 19.4. The Balaban J connectivity index is 1.77. The summed E-state index contributed by atoms with van der Waals surface area (Å²) in [5.74, 6) is -2.60. The molecule has 0 saturated carbocycles. The molecule has 0 bridgehead atoms. The molecule has 0 aliphatic carbocycles. The summed E-state index contributed by atoms with van der Waals surface area (Å²) in [4.78, 5) is 13.8. The molecular formula is C15H9F3N4O7. The first-order valence-corrected chi connectivity index (χ1v) is 7.53. The van der Waals surface area contributed by atoms with Crippen LogP contribution in [-0.4, -0.2) is 25.3 Å². The Bertz CT molecular complexity index is 1080. The van der Waals surface area contributed by atoms with E-state index < -0.39 is 46.3 Å². The van der Waals surface area contributed by atoms with E-state index in [1.807, 2.05) is 0 Å². The number of aromatic hydroxyl groups is 2. The van der Waals surface area contributed by atoms with E-state index in [1.54, 1.807) is 0 Å². The number of nitro benzene ring substituents is 1. The van der Waals surface area contributed by atoms with Crippen molar-refractivity contribution in [3.63, 3.8) is 0 Å². The lowest BCUT2D eigenvalue weighted by Crippen LogP contribution is -2.30. The number of nitro groups is 1. The van der Waals surface area contributed by atoms with Crippen molar-refractivity contribution in [1.29, 1.82) is 0 Å². The molecule has 3 aromatic rings. The quantitative estimate of drug-likeness (QED) is 0.210. The molecule has 1 aromatic carbocycles. The minimum atomic E-state index is -4.69. The molecule has 0 aliphatic rings. The van der Waals surface area contributed by atoms with Gasteiger partial charge in [-0.2, -0.15) is 18.2 Å². The molecule has 14 heteroatoms. The summed E-state index contributed by atoms with van der Waals surface area (Å²) in [5.41, 5.74) is -2.04. The summed E-state index contributed by atoms with van der Waals surface area (Å²) in [6.45, 7) is -0.469. The van der Waals surface area contributed by atoms with Crippen LogP contribution in [0.4, 0.5) is 18.9 Å². The maximum atomic E-state index is 12.5. The Morgan fingerprint density at radius 2 is 2.00 bits per heavy atom. The van der Waals surface area contributed by atoms with Gasteiger partial charge in [0.1, 0.15) is 5.56 Å². The first-order valence-electron chi connectivity index (χ1n) is 7.53. The normalized spacial score (nSPS) is 11.4. The molecule has 2 aromatic heterocycles. The number of pyridine rings is 1. The Hall–Kier alpha value is -4.10. The first-order chi connectivity index (χ1) is 13.6. The van der Waals surface area contributed by atoms with E-state index in [0.29, 0.717) is 12.3 Å². The van der Waals surface area contributed by atoms with Gasteiger partial charge in [-0.05, 0) is 12.1 Å². The number of phenolic OH excluding ortho intramolecular Hbond substituents is 2. The molecule has 11 nitrogen and oxygen atoms in total. The van der Waals surface area contributed by atoms with Crippen LogP contribution in [-0.2, 0) is 12.8 Å². The van der Waals surface area contributed by atoms with Crippen molar-refractivity contribution in [3.8, 4) is 28.8 Å². The second kappa shape index (κ2) is 7.14. The SMILES string of the molecule is O=[N+]([O-])c1cc(-c2nc(COc3ccc(C(F)(F)F)c[n+]3[O-])no2)cc(O)c1O. The Kier molecular flexibility index (Phi) is 4.84. The molecule has 0 aliphatic heterocycles. The Labute approximate surface area is 157 Å². The molecule has 2 heterocycles. The number of hydrogen-bond acceptors (Lipinski definition) is 9. The minimum absolute atomic E-state index is 0.0841. The predicted molar refractivity (Wildman–Crippen MR) is 84.5 cm³/mol. The summed E-state index contributed by atoms with van der Waals surface area (Å²) < 4.78 is 47.4. The summed E-state index contributed by atoms with van der Waals surface area (Å²) in [5, 5.41) is 45.1. The number of halogens is 3. The van der Waals surface area contributed by atoms with E-state index in [0.717, 1.165) is 18.2 Å². The average Bonchev–Trinajstić information content (AvgIpc) is 3.10. The van der Waals surface area contributed by atoms with Gasteiger partial charge in [0.2, 0.25) is 11.6 Å². The standard InChI is InChI=1S/C15H9F3N4O7/c16-15(17,18)8-1-2-12(21(25)5-8)28-6-11-19-14(29-20-11)7-3-9(22(26)27)13(24)10(23)4-7/h1-5,23-24H,6H2. The molecule has 0 atom stereocenters. The van der Waals surface area contributed by atoms with E-state index >= 15 is 0 Å². The number of rotatable bonds is 5. The molecule has 0 radical (unpaired) electrons.